The Hall–Kier alpha value is -0.520. The summed E-state index contributed by atoms with van der Waals surface area (Å²) in [4.78, 5) is 17.1. The number of nitrogens with one attached hydrogen (secondary N) is 1. The second kappa shape index (κ2) is 6.08. The van der Waals surface area contributed by atoms with Crippen molar-refractivity contribution in [2.45, 2.75) is 38.9 Å². The van der Waals surface area contributed by atoms with Crippen LogP contribution in [0.5, 0.6) is 0 Å². The number of carbonyl (C=O) groups excluding carboxylic acids is 1. The average Bonchev–Trinajstić information content (AvgIpc) is 2.99. The molecule has 3 heterocycles. The first kappa shape index (κ1) is 14.4. The second-order valence-corrected chi connectivity index (χ2v) is 8.33. The van der Waals surface area contributed by atoms with Crippen molar-refractivity contribution in [1.82, 2.24) is 10.2 Å². The third-order valence-electron chi connectivity index (χ3n) is 4.20. The molecule has 0 radical (unpaired) electrons. The van der Waals surface area contributed by atoms with Crippen molar-refractivity contribution in [3.05, 3.63) is 21.9 Å². The number of thioether (sulfide) groups is 1. The smallest absolute Gasteiger partial charge is 0.241 e. The quantitative estimate of drug-likeness (QED) is 0.931. The van der Waals surface area contributed by atoms with Crippen molar-refractivity contribution < 1.29 is 4.79 Å². The Balaban J connectivity index is 1.75. The number of amides is 1. The molecule has 2 unspecified atom stereocenters. The Morgan fingerprint density at radius 3 is 2.75 bits per heavy atom. The second-order valence-electron chi connectivity index (χ2n) is 5.79. The largest absolute Gasteiger partial charge is 0.320 e. The van der Waals surface area contributed by atoms with E-state index in [1.165, 1.54) is 34.1 Å². The highest BCUT2D eigenvalue weighted by atomic mass is 32.2. The molecule has 0 spiro atoms. The molecule has 110 valence electrons. The van der Waals surface area contributed by atoms with Crippen LogP contribution in [-0.2, 0) is 4.79 Å². The molecule has 0 saturated carbocycles. The van der Waals surface area contributed by atoms with Crippen molar-refractivity contribution in [2.24, 2.45) is 5.92 Å². The van der Waals surface area contributed by atoms with Gasteiger partial charge in [-0.05, 0) is 56.2 Å². The van der Waals surface area contributed by atoms with E-state index in [2.05, 4.69) is 29.3 Å². The van der Waals surface area contributed by atoms with Crippen molar-refractivity contribution in [3.63, 3.8) is 0 Å². The van der Waals surface area contributed by atoms with Crippen molar-refractivity contribution in [1.29, 1.82) is 0 Å². The molecule has 3 nitrogen and oxygen atoms in total. The zero-order valence-corrected chi connectivity index (χ0v) is 13.7. The molecule has 3 rings (SSSR count). The third-order valence-corrected chi connectivity index (χ3v) is 6.30. The van der Waals surface area contributed by atoms with Crippen LogP contribution < -0.4 is 5.32 Å². The van der Waals surface area contributed by atoms with Gasteiger partial charge in [-0.1, -0.05) is 0 Å². The van der Waals surface area contributed by atoms with E-state index < -0.39 is 0 Å². The van der Waals surface area contributed by atoms with E-state index in [1.807, 2.05) is 18.7 Å². The van der Waals surface area contributed by atoms with E-state index >= 15 is 0 Å². The number of rotatable bonds is 3. The minimum atomic E-state index is -0.0552. The van der Waals surface area contributed by atoms with Crippen LogP contribution in [0.25, 0.3) is 0 Å². The zero-order valence-electron chi connectivity index (χ0n) is 12.1. The molecular weight excluding hydrogens is 288 g/mol. The van der Waals surface area contributed by atoms with Gasteiger partial charge < -0.3 is 4.90 Å². The van der Waals surface area contributed by atoms with E-state index in [-0.39, 0.29) is 18.1 Å². The maximum absolute atomic E-state index is 12.4. The Morgan fingerprint density at radius 2 is 2.10 bits per heavy atom. The maximum Gasteiger partial charge on any atom is 0.241 e. The van der Waals surface area contributed by atoms with Crippen molar-refractivity contribution in [2.75, 3.05) is 18.1 Å². The number of hydrogen-bond acceptors (Lipinski definition) is 4. The summed E-state index contributed by atoms with van der Waals surface area (Å²) in [6, 6.07) is 4.25. The molecule has 2 atom stereocenters. The van der Waals surface area contributed by atoms with Crippen LogP contribution in [0, 0.1) is 12.8 Å². The SMILES string of the molecule is Cc1ccc(C2NC(C)C(=O)N2CC2CCSCC2)s1. The van der Waals surface area contributed by atoms with Gasteiger partial charge in [0, 0.05) is 16.3 Å². The number of thiophene rings is 1. The normalized spacial score (nSPS) is 28.3. The number of hydrogen-bond donors (Lipinski definition) is 1. The van der Waals surface area contributed by atoms with Gasteiger partial charge in [0.05, 0.1) is 6.04 Å². The molecule has 1 aromatic rings. The van der Waals surface area contributed by atoms with E-state index in [0.717, 1.165) is 6.54 Å². The molecular formula is C15H22N2OS2. The van der Waals surface area contributed by atoms with Crippen LogP contribution >= 0.6 is 23.1 Å². The van der Waals surface area contributed by atoms with E-state index in [9.17, 15) is 4.79 Å². The molecule has 20 heavy (non-hydrogen) atoms. The standard InChI is InChI=1S/C15H22N2OS2/c1-10-3-4-13(20-10)14-16-11(2)15(18)17(14)9-12-5-7-19-8-6-12/h3-4,11-12,14,16H,5-9H2,1-2H3. The van der Waals surface area contributed by atoms with Crippen LogP contribution in [0.2, 0.25) is 0 Å². The summed E-state index contributed by atoms with van der Waals surface area (Å²) in [5, 5.41) is 3.45. The lowest BCUT2D eigenvalue weighted by Gasteiger charge is -2.30. The fraction of sp³-hybridized carbons (Fsp3) is 0.667. The van der Waals surface area contributed by atoms with Gasteiger partial charge in [-0.3, -0.25) is 10.1 Å². The van der Waals surface area contributed by atoms with Gasteiger partial charge >= 0.3 is 0 Å². The van der Waals surface area contributed by atoms with Crippen molar-refractivity contribution >= 4 is 29.0 Å². The fourth-order valence-corrected chi connectivity index (χ4v) is 5.17. The topological polar surface area (TPSA) is 32.3 Å². The van der Waals surface area contributed by atoms with Gasteiger partial charge in [0.15, 0.2) is 0 Å². The molecule has 1 N–H and O–H groups in total. The summed E-state index contributed by atoms with van der Waals surface area (Å²) in [5.41, 5.74) is 0. The highest BCUT2D eigenvalue weighted by Gasteiger charge is 2.38. The molecule has 0 bridgehead atoms. The summed E-state index contributed by atoms with van der Waals surface area (Å²) in [6.07, 6.45) is 2.59. The Bertz CT molecular complexity index is 482. The first-order valence-electron chi connectivity index (χ1n) is 7.36. The summed E-state index contributed by atoms with van der Waals surface area (Å²) in [5.74, 6) is 3.44. The summed E-state index contributed by atoms with van der Waals surface area (Å²) < 4.78 is 0. The molecule has 0 aromatic carbocycles. The Morgan fingerprint density at radius 1 is 1.35 bits per heavy atom. The molecule has 0 aliphatic carbocycles. The minimum Gasteiger partial charge on any atom is -0.320 e. The fourth-order valence-electron chi connectivity index (χ4n) is 3.01. The molecule has 2 fully saturated rings. The van der Waals surface area contributed by atoms with Gasteiger partial charge in [-0.2, -0.15) is 11.8 Å². The summed E-state index contributed by atoms with van der Waals surface area (Å²) >= 11 is 3.84. The minimum absolute atomic E-state index is 0.0552. The first-order valence-corrected chi connectivity index (χ1v) is 9.33. The van der Waals surface area contributed by atoms with Crippen LogP contribution in [0.4, 0.5) is 0 Å². The van der Waals surface area contributed by atoms with Crippen LogP contribution in [0.3, 0.4) is 0 Å². The molecule has 2 aliphatic heterocycles. The molecule has 5 heteroatoms. The first-order chi connectivity index (χ1) is 9.65. The molecule has 1 amide bonds. The Kier molecular flexibility index (Phi) is 4.38. The highest BCUT2D eigenvalue weighted by Crippen LogP contribution is 2.33. The molecule has 2 saturated heterocycles. The van der Waals surface area contributed by atoms with E-state index in [1.54, 1.807) is 11.3 Å². The van der Waals surface area contributed by atoms with E-state index in [0.29, 0.717) is 5.92 Å². The summed E-state index contributed by atoms with van der Waals surface area (Å²) in [6.45, 7) is 5.02. The maximum atomic E-state index is 12.4. The predicted molar refractivity (Wildman–Crippen MR) is 86.2 cm³/mol. The third kappa shape index (κ3) is 2.90. The highest BCUT2D eigenvalue weighted by molar-refractivity contribution is 7.99. The van der Waals surface area contributed by atoms with Crippen molar-refractivity contribution in [3.8, 4) is 0 Å². The van der Waals surface area contributed by atoms with Gasteiger partial charge in [-0.25, -0.2) is 0 Å². The van der Waals surface area contributed by atoms with Crippen LogP contribution in [0.1, 0.15) is 35.7 Å². The predicted octanol–water partition coefficient (Wildman–Crippen LogP) is 3.02. The summed E-state index contributed by atoms with van der Waals surface area (Å²) in [7, 11) is 0. The number of carbonyl (C=O) groups is 1. The number of nitrogens with zero attached hydrogens (tertiary/aromatic N) is 1. The zero-order chi connectivity index (χ0) is 14.1. The van der Waals surface area contributed by atoms with Gasteiger partial charge in [0.2, 0.25) is 5.91 Å². The molecule has 2 aliphatic rings. The average molecular weight is 310 g/mol. The van der Waals surface area contributed by atoms with Crippen LogP contribution in [0.15, 0.2) is 12.1 Å². The van der Waals surface area contributed by atoms with Gasteiger partial charge in [0.1, 0.15) is 6.17 Å². The van der Waals surface area contributed by atoms with Gasteiger partial charge in [-0.15, -0.1) is 11.3 Å². The van der Waals surface area contributed by atoms with Crippen LogP contribution in [-0.4, -0.2) is 34.9 Å². The monoisotopic (exact) mass is 310 g/mol. The lowest BCUT2D eigenvalue weighted by Crippen LogP contribution is -2.36. The molecule has 1 aromatic heterocycles. The van der Waals surface area contributed by atoms with Gasteiger partial charge in [0.25, 0.3) is 0 Å². The number of aryl methyl sites for hydroxylation is 1. The van der Waals surface area contributed by atoms with E-state index in [4.69, 9.17) is 0 Å². The lowest BCUT2D eigenvalue weighted by molar-refractivity contribution is -0.130. The Labute approximate surface area is 129 Å². The lowest BCUT2D eigenvalue weighted by atomic mass is 10.0.